The van der Waals surface area contributed by atoms with Crippen LogP contribution >= 0.6 is 0 Å². The van der Waals surface area contributed by atoms with Gasteiger partial charge in [-0.3, -0.25) is 9.69 Å². The van der Waals surface area contributed by atoms with Gasteiger partial charge in [-0.15, -0.1) is 6.58 Å². The van der Waals surface area contributed by atoms with E-state index in [-0.39, 0.29) is 11.9 Å². The van der Waals surface area contributed by atoms with Crippen LogP contribution in [0, 0.1) is 20.8 Å². The van der Waals surface area contributed by atoms with Crippen molar-refractivity contribution in [2.75, 3.05) is 19.6 Å². The molecular formula is C21H27N3O2. The van der Waals surface area contributed by atoms with Crippen LogP contribution in [0.5, 0.6) is 0 Å². The van der Waals surface area contributed by atoms with Gasteiger partial charge in [0.15, 0.2) is 0 Å². The molecule has 0 bridgehead atoms. The minimum atomic E-state index is -0.396. The molecule has 1 unspecified atom stereocenters. The highest BCUT2D eigenvalue weighted by Gasteiger charge is 2.43. The van der Waals surface area contributed by atoms with Crippen LogP contribution in [-0.4, -0.2) is 41.4 Å². The van der Waals surface area contributed by atoms with Gasteiger partial charge in [-0.25, -0.2) is 4.79 Å². The van der Waals surface area contributed by atoms with E-state index in [1.54, 1.807) is 11.0 Å². The summed E-state index contributed by atoms with van der Waals surface area (Å²) in [7, 11) is 0. The van der Waals surface area contributed by atoms with E-state index in [4.69, 9.17) is 0 Å². The summed E-state index contributed by atoms with van der Waals surface area (Å²) in [5.74, 6) is 0.0264. The second kappa shape index (κ2) is 6.98. The minimum absolute atomic E-state index is 0.0264. The summed E-state index contributed by atoms with van der Waals surface area (Å²) in [4.78, 5) is 29.3. The largest absolute Gasteiger partial charge is 0.333 e. The second-order valence-corrected chi connectivity index (χ2v) is 7.16. The summed E-state index contributed by atoms with van der Waals surface area (Å²) < 4.78 is 0. The van der Waals surface area contributed by atoms with Crippen LogP contribution < -0.4 is 5.32 Å². The predicted molar refractivity (Wildman–Crippen MR) is 103 cm³/mol. The van der Waals surface area contributed by atoms with Crippen LogP contribution in [0.2, 0.25) is 0 Å². The summed E-state index contributed by atoms with van der Waals surface area (Å²) in [6, 6.07) is 3.65. The van der Waals surface area contributed by atoms with E-state index in [2.05, 4.69) is 44.8 Å². The number of hydrogen-bond donors (Lipinski definition) is 1. The van der Waals surface area contributed by atoms with E-state index >= 15 is 0 Å². The fourth-order valence-corrected chi connectivity index (χ4v) is 3.85. The van der Waals surface area contributed by atoms with Gasteiger partial charge in [-0.1, -0.05) is 25.1 Å². The van der Waals surface area contributed by atoms with Crippen molar-refractivity contribution in [2.45, 2.75) is 40.2 Å². The van der Waals surface area contributed by atoms with Crippen LogP contribution in [0.1, 0.15) is 41.6 Å². The third-order valence-corrected chi connectivity index (χ3v) is 5.30. The van der Waals surface area contributed by atoms with Gasteiger partial charge in [0.1, 0.15) is 0 Å². The van der Waals surface area contributed by atoms with Crippen molar-refractivity contribution < 1.29 is 9.59 Å². The van der Waals surface area contributed by atoms with Gasteiger partial charge in [-0.05, 0) is 49.4 Å². The Kier molecular flexibility index (Phi) is 4.90. The molecule has 0 fully saturated rings. The molecule has 0 saturated heterocycles. The lowest BCUT2D eigenvalue weighted by atomic mass is 9.90. The molecular weight excluding hydrogens is 326 g/mol. The minimum Gasteiger partial charge on any atom is -0.333 e. The molecule has 2 heterocycles. The van der Waals surface area contributed by atoms with Gasteiger partial charge in [-0.2, -0.15) is 0 Å². The maximum Gasteiger partial charge on any atom is 0.322 e. The highest BCUT2D eigenvalue weighted by Crippen LogP contribution is 2.37. The van der Waals surface area contributed by atoms with Gasteiger partial charge in [0.05, 0.1) is 23.9 Å². The van der Waals surface area contributed by atoms with Crippen LogP contribution in [0.15, 0.2) is 36.1 Å². The number of urea groups is 1. The van der Waals surface area contributed by atoms with Crippen molar-refractivity contribution in [2.24, 2.45) is 0 Å². The van der Waals surface area contributed by atoms with E-state index in [0.29, 0.717) is 25.2 Å². The summed E-state index contributed by atoms with van der Waals surface area (Å²) in [5.41, 5.74) is 5.97. The van der Waals surface area contributed by atoms with Crippen molar-refractivity contribution in [3.05, 3.63) is 58.3 Å². The molecule has 0 spiro atoms. The van der Waals surface area contributed by atoms with Crippen molar-refractivity contribution in [1.82, 2.24) is 15.1 Å². The predicted octanol–water partition coefficient (Wildman–Crippen LogP) is 3.37. The molecule has 1 N–H and O–H groups in total. The Bertz CT molecular complexity index is 810. The molecule has 3 amide bonds. The van der Waals surface area contributed by atoms with E-state index in [0.717, 1.165) is 28.8 Å². The topological polar surface area (TPSA) is 52.7 Å². The molecule has 1 aromatic rings. The fraction of sp³-hybridized carbons (Fsp3) is 0.429. The summed E-state index contributed by atoms with van der Waals surface area (Å²) in [6.07, 6.45) is 2.58. The molecule has 5 heteroatoms. The lowest BCUT2D eigenvalue weighted by molar-refractivity contribution is -0.125. The van der Waals surface area contributed by atoms with Crippen molar-refractivity contribution >= 4 is 11.9 Å². The number of rotatable bonds is 5. The number of nitrogens with one attached hydrogen (secondary N) is 1. The molecule has 0 aliphatic carbocycles. The van der Waals surface area contributed by atoms with E-state index in [1.165, 1.54) is 5.56 Å². The Morgan fingerprint density at radius 2 is 1.88 bits per heavy atom. The fourth-order valence-electron chi connectivity index (χ4n) is 3.85. The number of benzene rings is 1. The summed E-state index contributed by atoms with van der Waals surface area (Å²) >= 11 is 0. The van der Waals surface area contributed by atoms with E-state index in [1.807, 2.05) is 11.8 Å². The van der Waals surface area contributed by atoms with Gasteiger partial charge in [0.2, 0.25) is 0 Å². The van der Waals surface area contributed by atoms with Gasteiger partial charge in [0, 0.05) is 13.1 Å². The lowest BCUT2D eigenvalue weighted by Gasteiger charge is -2.33. The van der Waals surface area contributed by atoms with Crippen molar-refractivity contribution in [3.8, 4) is 0 Å². The molecule has 3 rings (SSSR count). The molecule has 0 aromatic heterocycles. The Morgan fingerprint density at radius 3 is 2.54 bits per heavy atom. The number of amides is 3. The SMILES string of the molecule is C=CCN1C(=O)NC(c2cc(C)c(C)cc2C)C2=C1CN(CCC)C2=O. The standard InChI is InChI=1S/C21H27N3O2/c1-6-8-23-12-17-18(20(23)25)19(22-21(26)24(17)9-7-2)16-11-14(4)13(3)10-15(16)5/h7,10-11,19H,2,6,8-9,12H2,1,3-5H3,(H,22,26). The molecule has 0 radical (unpaired) electrons. The Labute approximate surface area is 155 Å². The normalized spacial score (nSPS) is 19.8. The molecule has 1 aromatic carbocycles. The summed E-state index contributed by atoms with van der Waals surface area (Å²) in [6.45, 7) is 13.6. The Balaban J connectivity index is 2.12. The number of carbonyl (C=O) groups excluding carboxylic acids is 2. The second-order valence-electron chi connectivity index (χ2n) is 7.16. The third-order valence-electron chi connectivity index (χ3n) is 5.30. The lowest BCUT2D eigenvalue weighted by Crippen LogP contribution is -2.47. The Hall–Kier alpha value is -2.56. The van der Waals surface area contributed by atoms with Crippen LogP contribution in [-0.2, 0) is 4.79 Å². The molecule has 1 atom stereocenters. The first kappa shape index (κ1) is 18.2. The quantitative estimate of drug-likeness (QED) is 0.825. The smallest absolute Gasteiger partial charge is 0.322 e. The van der Waals surface area contributed by atoms with Crippen LogP contribution in [0.25, 0.3) is 0 Å². The Morgan fingerprint density at radius 1 is 1.19 bits per heavy atom. The molecule has 2 aliphatic heterocycles. The summed E-state index contributed by atoms with van der Waals surface area (Å²) in [5, 5.41) is 3.05. The molecule has 26 heavy (non-hydrogen) atoms. The van der Waals surface area contributed by atoms with Gasteiger partial charge < -0.3 is 10.2 Å². The van der Waals surface area contributed by atoms with Gasteiger partial charge in [0.25, 0.3) is 5.91 Å². The average Bonchev–Trinajstić information content (AvgIpc) is 2.91. The van der Waals surface area contributed by atoms with Crippen LogP contribution in [0.4, 0.5) is 4.79 Å². The highest BCUT2D eigenvalue weighted by molar-refractivity contribution is 6.01. The molecule has 138 valence electrons. The molecule has 0 saturated carbocycles. The number of carbonyl (C=O) groups is 2. The van der Waals surface area contributed by atoms with Crippen LogP contribution in [0.3, 0.4) is 0 Å². The van der Waals surface area contributed by atoms with Crippen molar-refractivity contribution in [1.29, 1.82) is 0 Å². The van der Waals surface area contributed by atoms with Crippen molar-refractivity contribution in [3.63, 3.8) is 0 Å². The zero-order valence-corrected chi connectivity index (χ0v) is 16.1. The zero-order chi connectivity index (χ0) is 19.0. The maximum atomic E-state index is 13.1. The first-order valence-electron chi connectivity index (χ1n) is 9.18. The molecule has 2 aliphatic rings. The number of hydrogen-bond acceptors (Lipinski definition) is 2. The third kappa shape index (κ3) is 2.91. The zero-order valence-electron chi connectivity index (χ0n) is 16.1. The monoisotopic (exact) mass is 353 g/mol. The van der Waals surface area contributed by atoms with Gasteiger partial charge >= 0.3 is 6.03 Å². The number of aryl methyl sites for hydroxylation is 3. The first-order chi connectivity index (χ1) is 12.4. The number of nitrogens with zero attached hydrogens (tertiary/aromatic N) is 2. The van der Waals surface area contributed by atoms with E-state index in [9.17, 15) is 9.59 Å². The molecule has 5 nitrogen and oxygen atoms in total. The van der Waals surface area contributed by atoms with E-state index < -0.39 is 6.04 Å². The average molecular weight is 353 g/mol. The first-order valence-corrected chi connectivity index (χ1v) is 9.18. The highest BCUT2D eigenvalue weighted by atomic mass is 16.2. The maximum absolute atomic E-state index is 13.1.